The Morgan fingerprint density at radius 3 is 2.06 bits per heavy atom. The summed E-state index contributed by atoms with van der Waals surface area (Å²) in [5.41, 5.74) is 1.44. The third-order valence-corrected chi connectivity index (χ3v) is 7.62. The van der Waals surface area contributed by atoms with Gasteiger partial charge in [0.25, 0.3) is 0 Å². The van der Waals surface area contributed by atoms with Gasteiger partial charge in [0.1, 0.15) is 27.9 Å². The van der Waals surface area contributed by atoms with Crippen LogP contribution in [-0.2, 0) is 11.5 Å². The van der Waals surface area contributed by atoms with E-state index in [1.165, 1.54) is 12.1 Å². The average molecular weight is 595 g/mol. The summed E-state index contributed by atoms with van der Waals surface area (Å²) in [6, 6.07) is 10.1. The van der Waals surface area contributed by atoms with Gasteiger partial charge in [0.2, 0.25) is 0 Å². The molecular weight excluding hydrogens is 572 g/mol. The molecule has 9 heteroatoms. The molecule has 0 saturated carbocycles. The van der Waals surface area contributed by atoms with Crippen molar-refractivity contribution >= 4 is 53.9 Å². The van der Waals surface area contributed by atoms with Crippen LogP contribution in [0.3, 0.4) is 0 Å². The summed E-state index contributed by atoms with van der Waals surface area (Å²) >= 11 is 14.3. The molecule has 166 valence electrons. The van der Waals surface area contributed by atoms with E-state index in [0.29, 0.717) is 19.2 Å². The van der Waals surface area contributed by atoms with Crippen molar-refractivity contribution in [3.63, 3.8) is 0 Å². The summed E-state index contributed by atoms with van der Waals surface area (Å²) < 4.78 is 36.3. The average Bonchev–Trinajstić information content (AvgIpc) is 3.04. The Morgan fingerprint density at radius 2 is 1.58 bits per heavy atom. The van der Waals surface area contributed by atoms with E-state index in [1.54, 1.807) is 24.3 Å². The molecule has 0 bridgehead atoms. The van der Waals surface area contributed by atoms with Crippen LogP contribution in [0.4, 0.5) is 8.78 Å². The van der Waals surface area contributed by atoms with Crippen LogP contribution in [0, 0.1) is 15.3 Å². The molecule has 3 aromatic rings. The lowest BCUT2D eigenvalue weighted by molar-refractivity contribution is 0.0849. The summed E-state index contributed by atoms with van der Waals surface area (Å²) in [5, 5.41) is 0.0183. The first-order chi connectivity index (χ1) is 14.5. The minimum absolute atomic E-state index is 0.00916. The monoisotopic (exact) mass is 594 g/mol. The number of nitrogens with zero attached hydrogens (tertiary/aromatic N) is 2. The molecule has 0 spiro atoms. The summed E-state index contributed by atoms with van der Waals surface area (Å²) in [6.07, 6.45) is 1.90. The Bertz CT molecular complexity index is 1020. The smallest absolute Gasteiger partial charge is 0.141 e. The van der Waals surface area contributed by atoms with Crippen molar-refractivity contribution < 1.29 is 13.5 Å². The molecular formula is C22H23Cl2F2IN2OSi. The van der Waals surface area contributed by atoms with Crippen molar-refractivity contribution in [1.82, 2.24) is 9.55 Å². The van der Waals surface area contributed by atoms with E-state index in [0.717, 1.165) is 20.9 Å². The maximum absolute atomic E-state index is 13.8. The van der Waals surface area contributed by atoms with E-state index < -0.39 is 25.6 Å². The number of hydrogen-bond donors (Lipinski definition) is 0. The molecule has 3 nitrogen and oxygen atoms in total. The van der Waals surface area contributed by atoms with Gasteiger partial charge in [-0.15, -0.1) is 0 Å². The highest BCUT2D eigenvalue weighted by Crippen LogP contribution is 2.35. The molecule has 0 aliphatic carbocycles. The Kier molecular flexibility index (Phi) is 8.18. The standard InChI is InChI=1S/C22H23Cl2F2IN2OSi/c1-31(2,3)9-8-30-13-29-12-20(27)28-22(29)21(14-4-6-18(25)16(23)10-14)15-5-7-19(26)17(24)11-15/h4-7,10-12,21H,8-9,13H2,1-3H3. The molecule has 1 aromatic heterocycles. The highest BCUT2D eigenvalue weighted by Gasteiger charge is 2.25. The Morgan fingerprint density at radius 1 is 1.03 bits per heavy atom. The number of hydrogen-bond acceptors (Lipinski definition) is 2. The van der Waals surface area contributed by atoms with Gasteiger partial charge in [-0.3, -0.25) is 0 Å². The fraction of sp³-hybridized carbons (Fsp3) is 0.318. The van der Waals surface area contributed by atoms with E-state index >= 15 is 0 Å². The Hall–Kier alpha value is -1.00. The minimum atomic E-state index is -1.21. The van der Waals surface area contributed by atoms with E-state index in [1.807, 2.05) is 10.8 Å². The topological polar surface area (TPSA) is 27.1 Å². The lowest BCUT2D eigenvalue weighted by Crippen LogP contribution is -2.22. The quantitative estimate of drug-likeness (QED) is 0.153. The molecule has 0 fully saturated rings. The predicted octanol–water partition coefficient (Wildman–Crippen LogP) is 7.57. The highest BCUT2D eigenvalue weighted by atomic mass is 127. The molecule has 1 heterocycles. The number of benzene rings is 2. The van der Waals surface area contributed by atoms with E-state index in [4.69, 9.17) is 32.9 Å². The van der Waals surface area contributed by atoms with Crippen molar-refractivity contribution in [3.05, 3.63) is 84.9 Å². The van der Waals surface area contributed by atoms with Crippen molar-refractivity contribution in [2.45, 2.75) is 38.3 Å². The van der Waals surface area contributed by atoms with Crippen molar-refractivity contribution in [1.29, 1.82) is 0 Å². The van der Waals surface area contributed by atoms with Gasteiger partial charge in [-0.2, -0.15) is 0 Å². The molecule has 3 rings (SSSR count). The molecule has 0 atom stereocenters. The normalized spacial score (nSPS) is 12.0. The lowest BCUT2D eigenvalue weighted by Gasteiger charge is -2.21. The first kappa shape index (κ1) is 24.6. The number of rotatable bonds is 8. The maximum atomic E-state index is 13.8. The SMILES string of the molecule is C[Si](C)(C)CCOCn1cc(I)nc1C(c1ccc(F)c(Cl)c1)c1ccc(F)c(Cl)c1. The van der Waals surface area contributed by atoms with Crippen LogP contribution in [-0.4, -0.2) is 24.2 Å². The molecule has 0 radical (unpaired) electrons. The maximum Gasteiger partial charge on any atom is 0.141 e. The number of ether oxygens (including phenoxy) is 1. The second kappa shape index (κ2) is 10.3. The second-order valence-corrected chi connectivity index (χ2v) is 16.1. The third kappa shape index (κ3) is 6.51. The Balaban J connectivity index is 2.01. The van der Waals surface area contributed by atoms with Gasteiger partial charge in [-0.05, 0) is 64.0 Å². The number of imidazole rings is 1. The lowest BCUT2D eigenvalue weighted by atomic mass is 9.90. The van der Waals surface area contributed by atoms with E-state index in [2.05, 4.69) is 42.2 Å². The van der Waals surface area contributed by atoms with E-state index in [-0.39, 0.29) is 10.0 Å². The highest BCUT2D eigenvalue weighted by molar-refractivity contribution is 14.1. The third-order valence-electron chi connectivity index (χ3n) is 4.82. The van der Waals surface area contributed by atoms with Crippen molar-refractivity contribution in [2.75, 3.05) is 6.61 Å². The summed E-state index contributed by atoms with van der Waals surface area (Å²) in [4.78, 5) is 4.70. The summed E-state index contributed by atoms with van der Waals surface area (Å²) in [5.74, 6) is -0.758. The van der Waals surface area contributed by atoms with Crippen LogP contribution in [0.15, 0.2) is 42.6 Å². The summed E-state index contributed by atoms with van der Waals surface area (Å²) in [6.45, 7) is 7.90. The van der Waals surface area contributed by atoms with Gasteiger partial charge in [-0.1, -0.05) is 55.0 Å². The fourth-order valence-corrected chi connectivity index (χ4v) is 4.86. The van der Waals surface area contributed by atoms with Gasteiger partial charge >= 0.3 is 0 Å². The molecule has 31 heavy (non-hydrogen) atoms. The van der Waals surface area contributed by atoms with Gasteiger partial charge < -0.3 is 9.30 Å². The Labute approximate surface area is 205 Å². The number of aromatic nitrogens is 2. The fourth-order valence-electron chi connectivity index (χ4n) is 3.15. The van der Waals surface area contributed by atoms with Crippen LogP contribution >= 0.6 is 45.8 Å². The van der Waals surface area contributed by atoms with E-state index in [9.17, 15) is 8.78 Å². The van der Waals surface area contributed by atoms with Crippen molar-refractivity contribution in [2.24, 2.45) is 0 Å². The van der Waals surface area contributed by atoms with Crippen LogP contribution in [0.5, 0.6) is 0 Å². The first-order valence-corrected chi connectivity index (χ1v) is 15.3. The number of halogens is 5. The zero-order chi connectivity index (χ0) is 22.8. The van der Waals surface area contributed by atoms with Crippen LogP contribution in [0.1, 0.15) is 22.9 Å². The van der Waals surface area contributed by atoms with Gasteiger partial charge in [0.05, 0.1) is 16.0 Å². The predicted molar refractivity (Wildman–Crippen MR) is 133 cm³/mol. The van der Waals surface area contributed by atoms with Crippen LogP contribution < -0.4 is 0 Å². The first-order valence-electron chi connectivity index (χ1n) is 9.75. The molecule has 0 N–H and O–H groups in total. The minimum Gasteiger partial charge on any atom is -0.361 e. The zero-order valence-electron chi connectivity index (χ0n) is 17.4. The van der Waals surface area contributed by atoms with Crippen LogP contribution in [0.2, 0.25) is 35.7 Å². The zero-order valence-corrected chi connectivity index (χ0v) is 22.1. The molecule has 0 saturated heterocycles. The molecule has 0 aliphatic heterocycles. The van der Waals surface area contributed by atoms with Gasteiger partial charge in [-0.25, -0.2) is 13.8 Å². The molecule has 0 aliphatic rings. The van der Waals surface area contributed by atoms with Crippen molar-refractivity contribution in [3.8, 4) is 0 Å². The second-order valence-electron chi connectivity index (χ2n) is 8.52. The van der Waals surface area contributed by atoms with Crippen LogP contribution in [0.25, 0.3) is 0 Å². The molecule has 2 aromatic carbocycles. The molecule has 0 unspecified atom stereocenters. The molecule has 0 amide bonds. The summed E-state index contributed by atoms with van der Waals surface area (Å²) in [7, 11) is -1.21. The van der Waals surface area contributed by atoms with Gasteiger partial charge in [0, 0.05) is 20.9 Å². The largest absolute Gasteiger partial charge is 0.361 e. The van der Waals surface area contributed by atoms with Gasteiger partial charge in [0.15, 0.2) is 0 Å².